The lowest BCUT2D eigenvalue weighted by atomic mass is 10.5. The fraction of sp³-hybridized carbons (Fsp3) is 0.750. The molecule has 1 heterocycles. The molecule has 0 aliphatic rings. The zero-order chi connectivity index (χ0) is 9.84. The van der Waals surface area contributed by atoms with E-state index in [9.17, 15) is 0 Å². The van der Waals surface area contributed by atoms with Crippen molar-refractivity contribution in [1.82, 2.24) is 14.8 Å². The molecule has 0 unspecified atom stereocenters. The van der Waals surface area contributed by atoms with Crippen LogP contribution < -0.4 is 10.6 Å². The molecule has 1 rings (SSSR count). The van der Waals surface area contributed by atoms with Crippen LogP contribution in [-0.2, 0) is 13.6 Å². The highest BCUT2D eigenvalue weighted by molar-refractivity contribution is 5.28. The van der Waals surface area contributed by atoms with Crippen molar-refractivity contribution in [3.05, 3.63) is 5.82 Å². The molecule has 0 saturated heterocycles. The summed E-state index contributed by atoms with van der Waals surface area (Å²) in [4.78, 5) is 6.42. The van der Waals surface area contributed by atoms with Gasteiger partial charge in [-0.15, -0.1) is 5.10 Å². The Labute approximate surface area is 78.5 Å². The van der Waals surface area contributed by atoms with Gasteiger partial charge in [-0.3, -0.25) is 0 Å². The Morgan fingerprint density at radius 1 is 1.38 bits per heavy atom. The molecule has 0 amide bonds. The van der Waals surface area contributed by atoms with Gasteiger partial charge in [0.15, 0.2) is 0 Å². The number of hydrogen-bond acceptors (Lipinski definition) is 4. The van der Waals surface area contributed by atoms with Gasteiger partial charge in [0.2, 0.25) is 5.95 Å². The average Bonchev–Trinajstić information content (AvgIpc) is 2.49. The lowest BCUT2D eigenvalue weighted by molar-refractivity contribution is 0.697. The zero-order valence-corrected chi connectivity index (χ0v) is 8.49. The average molecular weight is 183 g/mol. The minimum Gasteiger partial charge on any atom is -0.340 e. The van der Waals surface area contributed by atoms with Gasteiger partial charge >= 0.3 is 0 Å². The summed E-state index contributed by atoms with van der Waals surface area (Å²) in [5.74, 6) is 1.59. The Morgan fingerprint density at radius 2 is 2.00 bits per heavy atom. The summed E-state index contributed by atoms with van der Waals surface area (Å²) in [7, 11) is 1.86. The first-order valence-electron chi connectivity index (χ1n) is 4.57. The van der Waals surface area contributed by atoms with Gasteiger partial charge in [0.05, 0.1) is 6.54 Å². The maximum absolute atomic E-state index is 5.51. The Balaban J connectivity index is 2.88. The predicted molar refractivity (Wildman–Crippen MR) is 52.5 cm³/mol. The van der Waals surface area contributed by atoms with Crippen molar-refractivity contribution < 1.29 is 0 Å². The van der Waals surface area contributed by atoms with Crippen molar-refractivity contribution in [2.75, 3.05) is 18.0 Å². The van der Waals surface area contributed by atoms with Gasteiger partial charge in [-0.2, -0.15) is 4.98 Å². The molecular weight excluding hydrogens is 166 g/mol. The molecule has 0 bridgehead atoms. The Morgan fingerprint density at radius 3 is 2.38 bits per heavy atom. The van der Waals surface area contributed by atoms with Crippen LogP contribution in [0.1, 0.15) is 19.7 Å². The summed E-state index contributed by atoms with van der Waals surface area (Å²) in [6.45, 7) is 6.45. The molecule has 5 heteroatoms. The molecule has 1 aromatic heterocycles. The largest absolute Gasteiger partial charge is 0.340 e. The fourth-order valence-electron chi connectivity index (χ4n) is 1.22. The third-order valence-corrected chi connectivity index (χ3v) is 2.07. The highest BCUT2D eigenvalue weighted by atomic mass is 15.4. The molecule has 2 N–H and O–H groups in total. The van der Waals surface area contributed by atoms with Crippen LogP contribution in [0.4, 0.5) is 5.95 Å². The second-order valence-corrected chi connectivity index (χ2v) is 2.83. The SMILES string of the molecule is CCN(CC)c1nc(CN)n(C)n1. The maximum atomic E-state index is 5.51. The summed E-state index contributed by atoms with van der Waals surface area (Å²) < 4.78 is 1.73. The Hall–Kier alpha value is -1.10. The van der Waals surface area contributed by atoms with E-state index in [4.69, 9.17) is 5.73 Å². The van der Waals surface area contributed by atoms with Crippen LogP contribution in [0.25, 0.3) is 0 Å². The van der Waals surface area contributed by atoms with E-state index in [2.05, 4.69) is 28.8 Å². The molecule has 13 heavy (non-hydrogen) atoms. The molecule has 0 saturated carbocycles. The smallest absolute Gasteiger partial charge is 0.244 e. The topological polar surface area (TPSA) is 60.0 Å². The Kier molecular flexibility index (Phi) is 3.25. The van der Waals surface area contributed by atoms with Gasteiger partial charge in [0.25, 0.3) is 0 Å². The molecule has 1 aromatic rings. The first-order chi connectivity index (χ1) is 6.22. The number of nitrogens with zero attached hydrogens (tertiary/aromatic N) is 4. The lowest BCUT2D eigenvalue weighted by Crippen LogP contribution is -2.23. The van der Waals surface area contributed by atoms with Crippen LogP contribution in [0, 0.1) is 0 Å². The summed E-state index contributed by atoms with van der Waals surface area (Å²) in [5.41, 5.74) is 5.51. The van der Waals surface area contributed by atoms with Crippen molar-refractivity contribution in [1.29, 1.82) is 0 Å². The minimum absolute atomic E-state index is 0.435. The van der Waals surface area contributed by atoms with E-state index in [0.717, 1.165) is 24.9 Å². The van der Waals surface area contributed by atoms with Crippen molar-refractivity contribution >= 4 is 5.95 Å². The summed E-state index contributed by atoms with van der Waals surface area (Å²) in [6.07, 6.45) is 0. The predicted octanol–water partition coefficient (Wildman–Crippen LogP) is 0.120. The third-order valence-electron chi connectivity index (χ3n) is 2.07. The van der Waals surface area contributed by atoms with E-state index in [-0.39, 0.29) is 0 Å². The van der Waals surface area contributed by atoms with Crippen LogP contribution in [0.15, 0.2) is 0 Å². The molecule has 0 radical (unpaired) electrons. The van der Waals surface area contributed by atoms with Gasteiger partial charge in [-0.25, -0.2) is 4.68 Å². The van der Waals surface area contributed by atoms with Crippen molar-refractivity contribution in [3.8, 4) is 0 Å². The van der Waals surface area contributed by atoms with E-state index in [1.807, 2.05) is 7.05 Å². The molecule has 5 nitrogen and oxygen atoms in total. The van der Waals surface area contributed by atoms with E-state index in [0.29, 0.717) is 6.54 Å². The van der Waals surface area contributed by atoms with Crippen molar-refractivity contribution in [2.45, 2.75) is 20.4 Å². The van der Waals surface area contributed by atoms with Crippen molar-refractivity contribution in [3.63, 3.8) is 0 Å². The van der Waals surface area contributed by atoms with Gasteiger partial charge < -0.3 is 10.6 Å². The number of hydrogen-bond donors (Lipinski definition) is 1. The minimum atomic E-state index is 0.435. The van der Waals surface area contributed by atoms with Gasteiger partial charge in [0, 0.05) is 20.1 Å². The zero-order valence-electron chi connectivity index (χ0n) is 8.49. The second kappa shape index (κ2) is 4.23. The number of aromatic nitrogens is 3. The van der Waals surface area contributed by atoms with Gasteiger partial charge in [-0.1, -0.05) is 0 Å². The highest BCUT2D eigenvalue weighted by Crippen LogP contribution is 2.07. The first-order valence-corrected chi connectivity index (χ1v) is 4.57. The fourth-order valence-corrected chi connectivity index (χ4v) is 1.22. The first kappa shape index (κ1) is 9.98. The Bertz CT molecular complexity index is 263. The van der Waals surface area contributed by atoms with Crippen molar-refractivity contribution in [2.24, 2.45) is 12.8 Å². The maximum Gasteiger partial charge on any atom is 0.244 e. The molecule has 74 valence electrons. The van der Waals surface area contributed by atoms with E-state index >= 15 is 0 Å². The van der Waals surface area contributed by atoms with Crippen LogP contribution in [0.2, 0.25) is 0 Å². The molecular formula is C8H17N5. The van der Waals surface area contributed by atoms with Crippen LogP contribution in [0.3, 0.4) is 0 Å². The molecule has 0 atom stereocenters. The van der Waals surface area contributed by atoms with E-state index < -0.39 is 0 Å². The normalized spacial score (nSPS) is 10.5. The second-order valence-electron chi connectivity index (χ2n) is 2.83. The standard InChI is InChI=1S/C8H17N5/c1-4-13(5-2)8-10-7(6-9)12(3)11-8/h4-6,9H2,1-3H3. The molecule has 0 aliphatic heterocycles. The summed E-state index contributed by atoms with van der Waals surface area (Å²) in [5, 5.41) is 4.27. The summed E-state index contributed by atoms with van der Waals surface area (Å²) >= 11 is 0. The monoisotopic (exact) mass is 183 g/mol. The molecule has 0 aliphatic carbocycles. The van der Waals surface area contributed by atoms with Crippen LogP contribution in [0.5, 0.6) is 0 Å². The number of nitrogens with two attached hydrogens (primary N) is 1. The quantitative estimate of drug-likeness (QED) is 0.720. The lowest BCUT2D eigenvalue weighted by Gasteiger charge is -2.15. The van der Waals surface area contributed by atoms with E-state index in [1.165, 1.54) is 0 Å². The number of aryl methyl sites for hydroxylation is 1. The molecule has 0 aromatic carbocycles. The van der Waals surface area contributed by atoms with Gasteiger partial charge in [-0.05, 0) is 13.8 Å². The van der Waals surface area contributed by atoms with Gasteiger partial charge in [0.1, 0.15) is 5.82 Å². The highest BCUT2D eigenvalue weighted by Gasteiger charge is 2.09. The van der Waals surface area contributed by atoms with Crippen LogP contribution >= 0.6 is 0 Å². The molecule has 0 fully saturated rings. The number of anilines is 1. The van der Waals surface area contributed by atoms with E-state index in [1.54, 1.807) is 4.68 Å². The summed E-state index contributed by atoms with van der Waals surface area (Å²) in [6, 6.07) is 0. The van der Waals surface area contributed by atoms with Crippen LogP contribution in [-0.4, -0.2) is 27.9 Å². The third kappa shape index (κ3) is 1.98. The number of rotatable bonds is 4. The molecule has 0 spiro atoms.